The van der Waals surface area contributed by atoms with E-state index in [1.807, 2.05) is 6.92 Å². The maximum atomic E-state index is 14.3. The number of amides is 2. The van der Waals surface area contributed by atoms with Crippen molar-refractivity contribution < 1.29 is 27.9 Å². The Morgan fingerprint density at radius 2 is 1.95 bits per heavy atom. The number of likely N-dealkylation sites (tertiary alicyclic amines) is 1. The van der Waals surface area contributed by atoms with Gasteiger partial charge in [-0.25, -0.2) is 9.97 Å². The molecule has 0 unspecified atom stereocenters. The van der Waals surface area contributed by atoms with Crippen LogP contribution in [0.25, 0.3) is 10.4 Å². The fourth-order valence-corrected chi connectivity index (χ4v) is 5.43. The molecule has 12 heteroatoms. The summed E-state index contributed by atoms with van der Waals surface area (Å²) in [5.74, 6) is -0.464. The maximum absolute atomic E-state index is 14.3. The predicted molar refractivity (Wildman–Crippen MR) is 139 cm³/mol. The summed E-state index contributed by atoms with van der Waals surface area (Å²) >= 11 is 0.718. The predicted octanol–water partition coefficient (Wildman–Crippen LogP) is 4.95. The lowest BCUT2D eigenvalue weighted by Gasteiger charge is -2.33. The first kappa shape index (κ1) is 28.3. The Bertz CT molecular complexity index is 1170. The van der Waals surface area contributed by atoms with Gasteiger partial charge in [-0.2, -0.15) is 13.2 Å². The molecule has 0 aromatic carbocycles. The molecule has 208 valence electrons. The first-order valence-corrected chi connectivity index (χ1v) is 13.8. The second-order valence-electron chi connectivity index (χ2n) is 10.8. The zero-order valence-corrected chi connectivity index (χ0v) is 22.6. The number of nitrogens with one attached hydrogen (secondary N) is 2. The Kier molecular flexibility index (Phi) is 8.32. The van der Waals surface area contributed by atoms with Crippen LogP contribution >= 0.6 is 11.3 Å². The summed E-state index contributed by atoms with van der Waals surface area (Å²) in [6.07, 6.45) is 2.05. The highest BCUT2D eigenvalue weighted by Gasteiger charge is 2.38. The lowest BCUT2D eigenvalue weighted by Crippen LogP contribution is -2.42. The van der Waals surface area contributed by atoms with Crippen LogP contribution in [0.2, 0.25) is 0 Å². The number of aromatic nitrogens is 2. The van der Waals surface area contributed by atoms with E-state index < -0.39 is 29.2 Å². The summed E-state index contributed by atoms with van der Waals surface area (Å²) in [4.78, 5) is 36.4. The molecule has 1 saturated heterocycles. The van der Waals surface area contributed by atoms with Crippen molar-refractivity contribution in [1.82, 2.24) is 20.2 Å². The highest BCUT2D eigenvalue weighted by atomic mass is 32.1. The largest absolute Gasteiger partial charge is 0.417 e. The lowest BCUT2D eigenvalue weighted by molar-refractivity contribution is -0.137. The van der Waals surface area contributed by atoms with Gasteiger partial charge in [-0.1, -0.05) is 12.8 Å². The van der Waals surface area contributed by atoms with E-state index in [0.717, 1.165) is 62.1 Å². The van der Waals surface area contributed by atoms with Crippen molar-refractivity contribution in [3.8, 4) is 10.4 Å². The van der Waals surface area contributed by atoms with E-state index in [-0.39, 0.29) is 39.5 Å². The molecule has 4 rings (SSSR count). The van der Waals surface area contributed by atoms with Gasteiger partial charge in [0.05, 0.1) is 16.0 Å². The highest BCUT2D eigenvalue weighted by molar-refractivity contribution is 7.17. The Morgan fingerprint density at radius 1 is 1.21 bits per heavy atom. The first-order valence-electron chi connectivity index (χ1n) is 13.0. The minimum Gasteiger partial charge on any atom is -0.389 e. The molecule has 1 saturated carbocycles. The number of piperidine rings is 1. The van der Waals surface area contributed by atoms with Crippen molar-refractivity contribution in [3.05, 3.63) is 28.5 Å². The molecule has 2 aromatic heterocycles. The van der Waals surface area contributed by atoms with Crippen LogP contribution in [0.1, 0.15) is 85.2 Å². The molecule has 0 spiro atoms. The number of aliphatic hydroxyl groups is 1. The second kappa shape index (κ2) is 11.2. The Balaban J connectivity index is 1.73. The normalized spacial score (nSPS) is 18.4. The third-order valence-electron chi connectivity index (χ3n) is 6.78. The van der Waals surface area contributed by atoms with Gasteiger partial charge in [0.1, 0.15) is 11.5 Å². The Labute approximate surface area is 224 Å². The van der Waals surface area contributed by atoms with Gasteiger partial charge >= 0.3 is 6.18 Å². The van der Waals surface area contributed by atoms with E-state index in [0.29, 0.717) is 19.0 Å². The molecule has 8 nitrogen and oxygen atoms in total. The minimum absolute atomic E-state index is 0.0504. The van der Waals surface area contributed by atoms with Crippen LogP contribution in [0, 0.1) is 5.92 Å². The van der Waals surface area contributed by atoms with E-state index in [1.165, 1.54) is 13.8 Å². The molecule has 1 atom stereocenters. The quantitative estimate of drug-likeness (QED) is 0.406. The number of halogens is 3. The van der Waals surface area contributed by atoms with E-state index in [9.17, 15) is 27.9 Å². The van der Waals surface area contributed by atoms with Crippen molar-refractivity contribution in [2.24, 2.45) is 5.92 Å². The monoisotopic (exact) mass is 553 g/mol. The summed E-state index contributed by atoms with van der Waals surface area (Å²) in [5.41, 5.74) is -2.64. The van der Waals surface area contributed by atoms with Gasteiger partial charge in [-0.3, -0.25) is 9.59 Å². The molecule has 0 bridgehead atoms. The maximum Gasteiger partial charge on any atom is 0.417 e. The van der Waals surface area contributed by atoms with Crippen molar-refractivity contribution >= 4 is 29.0 Å². The SMILES string of the molecule is C[C@H]1CCCCN1C(=O)c1nc(C(=O)NCC(C)(C)O)sc1-c1cnc(NCCC2CC2)cc1C(F)(F)F. The number of pyridine rings is 1. The average Bonchev–Trinajstić information content (AvgIpc) is 3.56. The lowest BCUT2D eigenvalue weighted by atomic mass is 10.0. The fraction of sp³-hybridized carbons (Fsp3) is 0.615. The number of thiazole rings is 1. The van der Waals surface area contributed by atoms with Gasteiger partial charge in [-0.05, 0) is 58.4 Å². The zero-order chi connectivity index (χ0) is 27.7. The number of rotatable bonds is 9. The molecule has 0 radical (unpaired) electrons. The van der Waals surface area contributed by atoms with Crippen molar-refractivity contribution in [1.29, 1.82) is 0 Å². The number of alkyl halides is 3. The summed E-state index contributed by atoms with van der Waals surface area (Å²) < 4.78 is 42.8. The number of nitrogens with zero attached hydrogens (tertiary/aromatic N) is 3. The van der Waals surface area contributed by atoms with Crippen LogP contribution in [-0.2, 0) is 6.18 Å². The minimum atomic E-state index is -4.72. The molecule has 38 heavy (non-hydrogen) atoms. The van der Waals surface area contributed by atoms with Crippen LogP contribution < -0.4 is 10.6 Å². The van der Waals surface area contributed by atoms with Gasteiger partial charge in [0.15, 0.2) is 5.01 Å². The zero-order valence-electron chi connectivity index (χ0n) is 21.8. The number of carbonyl (C=O) groups excluding carboxylic acids is 2. The summed E-state index contributed by atoms with van der Waals surface area (Å²) in [6.45, 7) is 5.81. The standard InChI is InChI=1S/C26H34F3N5O3S/c1-15-6-4-5-11-34(15)24(36)20-21(38-23(33-20)22(35)32-14-25(2,3)37)17-13-31-19(12-18(17)26(27,28)29)30-10-9-16-7-8-16/h12-13,15-16,37H,4-11,14H2,1-3H3,(H,30,31)(H,32,35)/t15-/m0/s1. The smallest absolute Gasteiger partial charge is 0.389 e. The van der Waals surface area contributed by atoms with Gasteiger partial charge in [0.25, 0.3) is 11.8 Å². The molecule has 2 aromatic rings. The van der Waals surface area contributed by atoms with Gasteiger partial charge in [0, 0.05) is 37.4 Å². The van der Waals surface area contributed by atoms with E-state index >= 15 is 0 Å². The van der Waals surface area contributed by atoms with Gasteiger partial charge in [-0.15, -0.1) is 11.3 Å². The average molecular weight is 554 g/mol. The van der Waals surface area contributed by atoms with Crippen LogP contribution in [0.4, 0.5) is 19.0 Å². The van der Waals surface area contributed by atoms with Crippen LogP contribution in [0.15, 0.2) is 12.3 Å². The second-order valence-corrected chi connectivity index (χ2v) is 11.8. The van der Waals surface area contributed by atoms with Crippen molar-refractivity contribution in [3.63, 3.8) is 0 Å². The number of anilines is 1. The van der Waals surface area contributed by atoms with Crippen molar-refractivity contribution in [2.75, 3.05) is 25.0 Å². The molecule has 2 amide bonds. The summed E-state index contributed by atoms with van der Waals surface area (Å²) in [6, 6.07) is 0.852. The summed E-state index contributed by atoms with van der Waals surface area (Å²) in [7, 11) is 0. The number of hydrogen-bond acceptors (Lipinski definition) is 7. The molecule has 3 N–H and O–H groups in total. The third kappa shape index (κ3) is 7.02. The van der Waals surface area contributed by atoms with E-state index in [1.54, 1.807) is 4.90 Å². The van der Waals surface area contributed by atoms with Gasteiger partial charge in [0.2, 0.25) is 0 Å². The van der Waals surface area contributed by atoms with Gasteiger partial charge < -0.3 is 20.6 Å². The first-order chi connectivity index (χ1) is 17.8. The Morgan fingerprint density at radius 3 is 2.58 bits per heavy atom. The molecule has 1 aliphatic heterocycles. The number of carbonyl (C=O) groups is 2. The molecular formula is C26H34F3N5O3S. The molecule has 2 aliphatic rings. The molecule has 1 aliphatic carbocycles. The van der Waals surface area contributed by atoms with Crippen LogP contribution in [0.5, 0.6) is 0 Å². The van der Waals surface area contributed by atoms with Crippen molar-refractivity contribution in [2.45, 2.75) is 77.1 Å². The number of hydrogen-bond donors (Lipinski definition) is 3. The topological polar surface area (TPSA) is 107 Å². The van der Waals surface area contributed by atoms with Crippen LogP contribution in [-0.4, -0.2) is 63.1 Å². The summed E-state index contributed by atoms with van der Waals surface area (Å²) in [5, 5.41) is 15.3. The van der Waals surface area contributed by atoms with Crippen LogP contribution in [0.3, 0.4) is 0 Å². The highest BCUT2D eigenvalue weighted by Crippen LogP contribution is 2.42. The Hall–Kier alpha value is -2.73. The molecule has 3 heterocycles. The van der Waals surface area contributed by atoms with E-state index in [2.05, 4.69) is 20.6 Å². The molecular weight excluding hydrogens is 519 g/mol. The molecule has 2 fully saturated rings. The van der Waals surface area contributed by atoms with E-state index in [4.69, 9.17) is 0 Å². The fourth-order valence-electron chi connectivity index (χ4n) is 4.43. The third-order valence-corrected chi connectivity index (χ3v) is 7.87.